The van der Waals surface area contributed by atoms with E-state index < -0.39 is 0 Å². The van der Waals surface area contributed by atoms with E-state index in [9.17, 15) is 4.79 Å². The van der Waals surface area contributed by atoms with Crippen LogP contribution in [-0.2, 0) is 6.42 Å². The van der Waals surface area contributed by atoms with Crippen molar-refractivity contribution < 1.29 is 4.79 Å². The predicted octanol–water partition coefficient (Wildman–Crippen LogP) is 1.80. The van der Waals surface area contributed by atoms with E-state index in [2.05, 4.69) is 56.0 Å². The number of H-pyrrole nitrogens is 1. The van der Waals surface area contributed by atoms with Gasteiger partial charge in [-0.1, -0.05) is 30.3 Å². The summed E-state index contributed by atoms with van der Waals surface area (Å²) in [5.74, 6) is 0.369. The van der Waals surface area contributed by atoms with Gasteiger partial charge in [-0.05, 0) is 44.2 Å². The molecule has 0 bridgehead atoms. The molecule has 1 saturated heterocycles. The maximum absolute atomic E-state index is 12.1. The number of carbonyl (C=O) groups is 1. The van der Waals surface area contributed by atoms with Crippen molar-refractivity contribution in [1.29, 1.82) is 0 Å². The van der Waals surface area contributed by atoms with Gasteiger partial charge in [0.05, 0.1) is 5.69 Å². The molecule has 6 nitrogen and oxygen atoms in total. The third-order valence-electron chi connectivity index (χ3n) is 4.65. The van der Waals surface area contributed by atoms with Crippen LogP contribution in [0.25, 0.3) is 0 Å². The molecule has 0 aliphatic carbocycles. The first-order chi connectivity index (χ1) is 11.7. The fourth-order valence-electron chi connectivity index (χ4n) is 3.27. The Bertz CT molecular complexity index is 654. The average molecular weight is 327 g/mol. The number of carbonyl (C=O) groups excluding carboxylic acids is 1. The lowest BCUT2D eigenvalue weighted by Gasteiger charge is -2.32. The maximum Gasteiger partial charge on any atom is 0.273 e. The zero-order valence-electron chi connectivity index (χ0n) is 14.2. The number of hydrogen-bond donors (Lipinski definition) is 2. The summed E-state index contributed by atoms with van der Waals surface area (Å²) >= 11 is 0. The highest BCUT2D eigenvalue weighted by atomic mass is 16.2. The summed E-state index contributed by atoms with van der Waals surface area (Å²) in [7, 11) is 0. The number of aromatic nitrogens is 3. The average Bonchev–Trinajstić information content (AvgIpc) is 3.05. The van der Waals surface area contributed by atoms with Gasteiger partial charge in [0.25, 0.3) is 5.91 Å². The van der Waals surface area contributed by atoms with Crippen molar-refractivity contribution >= 4 is 5.91 Å². The van der Waals surface area contributed by atoms with Gasteiger partial charge in [0, 0.05) is 19.6 Å². The smallest absolute Gasteiger partial charge is 0.273 e. The zero-order valence-corrected chi connectivity index (χ0v) is 14.2. The van der Waals surface area contributed by atoms with Gasteiger partial charge < -0.3 is 10.2 Å². The molecule has 1 fully saturated rings. The highest BCUT2D eigenvalue weighted by Gasteiger charge is 2.21. The van der Waals surface area contributed by atoms with E-state index in [1.54, 1.807) is 6.92 Å². The van der Waals surface area contributed by atoms with Crippen molar-refractivity contribution in [2.75, 3.05) is 26.2 Å². The number of hydrogen-bond acceptors (Lipinski definition) is 4. The molecule has 6 heteroatoms. The number of nitrogens with one attached hydrogen (secondary N) is 2. The van der Waals surface area contributed by atoms with Crippen molar-refractivity contribution in [1.82, 2.24) is 25.6 Å². The van der Waals surface area contributed by atoms with E-state index in [-0.39, 0.29) is 5.91 Å². The molecule has 24 heavy (non-hydrogen) atoms. The molecule has 1 aliphatic rings. The van der Waals surface area contributed by atoms with Gasteiger partial charge in [0.2, 0.25) is 0 Å². The van der Waals surface area contributed by atoms with Crippen LogP contribution in [0.4, 0.5) is 0 Å². The standard InChI is InChI=1S/C18H25N5O/c1-14-17(21-22-20-14)18(24)19-12-16-8-5-10-23(13-16)11-9-15-6-3-2-4-7-15/h2-4,6-7,16H,5,8-13H2,1H3,(H,19,24)(H,20,21,22). The molecule has 0 radical (unpaired) electrons. The Balaban J connectivity index is 1.44. The summed E-state index contributed by atoms with van der Waals surface area (Å²) in [5, 5.41) is 13.3. The molecule has 1 aromatic heterocycles. The van der Waals surface area contributed by atoms with Gasteiger partial charge in [-0.3, -0.25) is 4.79 Å². The van der Waals surface area contributed by atoms with Crippen LogP contribution in [0.5, 0.6) is 0 Å². The van der Waals surface area contributed by atoms with Crippen molar-refractivity contribution in [2.45, 2.75) is 26.2 Å². The lowest BCUT2D eigenvalue weighted by molar-refractivity contribution is 0.0927. The minimum Gasteiger partial charge on any atom is -0.350 e. The Morgan fingerprint density at radius 1 is 1.33 bits per heavy atom. The number of aryl methyl sites for hydroxylation is 1. The summed E-state index contributed by atoms with van der Waals surface area (Å²) in [6.45, 7) is 5.76. The van der Waals surface area contributed by atoms with Crippen molar-refractivity contribution in [3.63, 3.8) is 0 Å². The third-order valence-corrected chi connectivity index (χ3v) is 4.65. The monoisotopic (exact) mass is 327 g/mol. The number of rotatable bonds is 6. The topological polar surface area (TPSA) is 73.9 Å². The van der Waals surface area contributed by atoms with E-state index in [0.29, 0.717) is 23.9 Å². The SMILES string of the molecule is Cc1n[nH]nc1C(=O)NCC1CCCN(CCc2ccccc2)C1. The first-order valence-corrected chi connectivity index (χ1v) is 8.64. The van der Waals surface area contributed by atoms with Crippen molar-refractivity contribution in [3.8, 4) is 0 Å². The van der Waals surface area contributed by atoms with E-state index in [1.165, 1.54) is 18.4 Å². The van der Waals surface area contributed by atoms with Crippen molar-refractivity contribution in [3.05, 3.63) is 47.3 Å². The summed E-state index contributed by atoms with van der Waals surface area (Å²) in [6, 6.07) is 10.6. The maximum atomic E-state index is 12.1. The lowest BCUT2D eigenvalue weighted by Crippen LogP contribution is -2.41. The Hall–Kier alpha value is -2.21. The van der Waals surface area contributed by atoms with Gasteiger partial charge in [0.1, 0.15) is 0 Å². The fourth-order valence-corrected chi connectivity index (χ4v) is 3.27. The lowest BCUT2D eigenvalue weighted by atomic mass is 9.97. The van der Waals surface area contributed by atoms with Gasteiger partial charge in [-0.15, -0.1) is 0 Å². The molecule has 1 atom stereocenters. The van der Waals surface area contributed by atoms with Crippen LogP contribution in [0.15, 0.2) is 30.3 Å². The highest BCUT2D eigenvalue weighted by Crippen LogP contribution is 2.16. The molecule has 1 aliphatic heterocycles. The molecule has 1 amide bonds. The summed E-state index contributed by atoms with van der Waals surface area (Å²) in [5.41, 5.74) is 2.42. The number of piperidine rings is 1. The molecule has 3 rings (SSSR count). The van der Waals surface area contributed by atoms with Crippen LogP contribution in [0.1, 0.15) is 34.6 Å². The number of benzene rings is 1. The van der Waals surface area contributed by atoms with Crippen molar-refractivity contribution in [2.24, 2.45) is 5.92 Å². The Kier molecular flexibility index (Phi) is 5.59. The highest BCUT2D eigenvalue weighted by molar-refractivity contribution is 5.93. The molecule has 2 heterocycles. The van der Waals surface area contributed by atoms with Crippen LogP contribution < -0.4 is 5.32 Å². The van der Waals surface area contributed by atoms with Gasteiger partial charge in [0.15, 0.2) is 5.69 Å². The fraction of sp³-hybridized carbons (Fsp3) is 0.500. The molecule has 1 unspecified atom stereocenters. The van der Waals surface area contributed by atoms with E-state index in [1.807, 2.05) is 0 Å². The Morgan fingerprint density at radius 2 is 2.17 bits per heavy atom. The molecule has 2 aromatic rings. The van der Waals surface area contributed by atoms with Crippen LogP contribution in [0, 0.1) is 12.8 Å². The third kappa shape index (κ3) is 4.41. The number of amides is 1. The Morgan fingerprint density at radius 3 is 2.92 bits per heavy atom. The second-order valence-corrected chi connectivity index (χ2v) is 6.51. The summed E-state index contributed by atoms with van der Waals surface area (Å²) < 4.78 is 0. The molecule has 128 valence electrons. The van der Waals surface area contributed by atoms with Crippen LogP contribution in [-0.4, -0.2) is 52.4 Å². The minimum atomic E-state index is -0.136. The van der Waals surface area contributed by atoms with E-state index in [0.717, 1.165) is 26.1 Å². The molecule has 1 aromatic carbocycles. The zero-order chi connectivity index (χ0) is 16.8. The number of aromatic amines is 1. The summed E-state index contributed by atoms with van der Waals surface area (Å²) in [6.07, 6.45) is 3.44. The predicted molar refractivity (Wildman–Crippen MR) is 92.8 cm³/mol. The summed E-state index contributed by atoms with van der Waals surface area (Å²) in [4.78, 5) is 14.6. The van der Waals surface area contributed by atoms with E-state index >= 15 is 0 Å². The first-order valence-electron chi connectivity index (χ1n) is 8.64. The number of nitrogens with zero attached hydrogens (tertiary/aromatic N) is 3. The molecular formula is C18H25N5O. The number of likely N-dealkylation sites (tertiary alicyclic amines) is 1. The Labute approximate surface area is 142 Å². The molecule has 0 saturated carbocycles. The molecular weight excluding hydrogens is 302 g/mol. The van der Waals surface area contributed by atoms with Gasteiger partial charge in [-0.25, -0.2) is 0 Å². The van der Waals surface area contributed by atoms with Crippen LogP contribution in [0.3, 0.4) is 0 Å². The largest absolute Gasteiger partial charge is 0.350 e. The van der Waals surface area contributed by atoms with Crippen LogP contribution in [0.2, 0.25) is 0 Å². The van der Waals surface area contributed by atoms with Gasteiger partial charge in [-0.2, -0.15) is 15.4 Å². The second kappa shape index (κ2) is 8.06. The molecule has 0 spiro atoms. The molecule has 2 N–H and O–H groups in total. The van der Waals surface area contributed by atoms with Gasteiger partial charge >= 0.3 is 0 Å². The minimum absolute atomic E-state index is 0.136. The second-order valence-electron chi connectivity index (χ2n) is 6.51. The quantitative estimate of drug-likeness (QED) is 0.848. The van der Waals surface area contributed by atoms with E-state index in [4.69, 9.17) is 0 Å². The van der Waals surface area contributed by atoms with Crippen LogP contribution >= 0.6 is 0 Å². The normalized spacial score (nSPS) is 18.5. The first kappa shape index (κ1) is 16.6.